The third-order valence-electron chi connectivity index (χ3n) is 3.98. The quantitative estimate of drug-likeness (QED) is 0.125. The number of amides is 1. The van der Waals surface area contributed by atoms with E-state index in [9.17, 15) is 41.9 Å². The van der Waals surface area contributed by atoms with E-state index in [1.807, 2.05) is 0 Å². The van der Waals surface area contributed by atoms with Crippen LogP contribution < -0.4 is 10.2 Å². The van der Waals surface area contributed by atoms with Crippen molar-refractivity contribution in [2.75, 3.05) is 56.9 Å². The van der Waals surface area contributed by atoms with Gasteiger partial charge in [0.05, 0.1) is 47.2 Å². The van der Waals surface area contributed by atoms with E-state index in [4.69, 9.17) is 5.11 Å². The molecule has 0 spiro atoms. The van der Waals surface area contributed by atoms with Gasteiger partial charge in [0.2, 0.25) is 0 Å². The van der Waals surface area contributed by atoms with Gasteiger partial charge in [-0.05, 0) is 6.42 Å². The second-order valence-corrected chi connectivity index (χ2v) is 10.0. The number of carbonyl (C=O) groups excluding carboxylic acids is 1. The Balaban J connectivity index is 3.59. The first kappa shape index (κ1) is 29.1. The van der Waals surface area contributed by atoms with Crippen LogP contribution in [0.25, 0.3) is 0 Å². The lowest BCUT2D eigenvalue weighted by atomic mass is 10.1. The van der Waals surface area contributed by atoms with Gasteiger partial charge in [-0.25, -0.2) is 0 Å². The first-order valence-corrected chi connectivity index (χ1v) is 13.1. The minimum atomic E-state index is -3.91. The lowest BCUT2D eigenvalue weighted by molar-refractivity contribution is -0.393. The summed E-state index contributed by atoms with van der Waals surface area (Å²) in [6.45, 7) is -2.21. The molecule has 0 aromatic heterocycles. The molecular formula is C16H24N4O12S2. The highest BCUT2D eigenvalue weighted by Crippen LogP contribution is 2.36. The van der Waals surface area contributed by atoms with Crippen LogP contribution in [0, 0.1) is 20.2 Å². The minimum absolute atomic E-state index is 0.0559. The molecule has 0 bridgehead atoms. The van der Waals surface area contributed by atoms with E-state index in [0.29, 0.717) is 6.07 Å². The van der Waals surface area contributed by atoms with Crippen LogP contribution in [-0.4, -0.2) is 89.7 Å². The molecule has 2 N–H and O–H groups in total. The molecule has 1 aromatic carbocycles. The molecule has 16 nitrogen and oxygen atoms in total. The van der Waals surface area contributed by atoms with Crippen molar-refractivity contribution in [2.24, 2.45) is 0 Å². The van der Waals surface area contributed by atoms with Gasteiger partial charge in [-0.15, -0.1) is 0 Å². The molecule has 1 rings (SSSR count). The van der Waals surface area contributed by atoms with E-state index in [2.05, 4.69) is 13.7 Å². The summed E-state index contributed by atoms with van der Waals surface area (Å²) in [7, 11) is -7.82. The number of benzene rings is 1. The van der Waals surface area contributed by atoms with Crippen LogP contribution in [0.2, 0.25) is 0 Å². The number of hydrogen-bond donors (Lipinski definition) is 2. The maximum Gasteiger partial charge on any atom is 0.300 e. The lowest BCUT2D eigenvalue weighted by Crippen LogP contribution is -2.35. The monoisotopic (exact) mass is 528 g/mol. The first-order valence-electron chi connectivity index (χ1n) is 9.46. The van der Waals surface area contributed by atoms with Crippen LogP contribution in [0.4, 0.5) is 17.1 Å². The second kappa shape index (κ2) is 12.5. The van der Waals surface area contributed by atoms with Crippen LogP contribution in [-0.2, 0) is 28.6 Å². The molecule has 1 aromatic rings. The molecule has 0 heterocycles. The van der Waals surface area contributed by atoms with Crippen molar-refractivity contribution in [2.45, 2.75) is 6.42 Å². The van der Waals surface area contributed by atoms with Gasteiger partial charge in [0.1, 0.15) is 5.69 Å². The standard InChI is InChI=1S/C16H24N4O12S2/c1-33(27,28)31-8-5-18(6-9-32-34(2,29)30)15-13(16(22)17-4-3-7-21)10-12(19(23)24)11-14(15)20(25)26/h10-11,21H,3-9H2,1-2H3,(H,17,22). The Bertz CT molecular complexity index is 1080. The van der Waals surface area contributed by atoms with Gasteiger partial charge in [-0.1, -0.05) is 0 Å². The van der Waals surface area contributed by atoms with Crippen molar-refractivity contribution >= 4 is 43.2 Å². The number of nitrogens with one attached hydrogen (secondary N) is 1. The zero-order valence-electron chi connectivity index (χ0n) is 18.2. The summed E-state index contributed by atoms with van der Waals surface area (Å²) in [6.07, 6.45) is 1.66. The van der Waals surface area contributed by atoms with Crippen molar-refractivity contribution in [1.82, 2.24) is 5.32 Å². The summed E-state index contributed by atoms with van der Waals surface area (Å²) in [5.74, 6) is -0.951. The molecule has 1 amide bonds. The number of nitro groups is 2. The molecule has 0 radical (unpaired) electrons. The second-order valence-electron chi connectivity index (χ2n) is 6.75. The van der Waals surface area contributed by atoms with E-state index in [1.54, 1.807) is 0 Å². The first-order chi connectivity index (χ1) is 15.7. The number of aliphatic hydroxyl groups is 1. The molecule has 0 unspecified atom stereocenters. The van der Waals surface area contributed by atoms with Crippen molar-refractivity contribution in [3.8, 4) is 0 Å². The Morgan fingerprint density at radius 3 is 1.97 bits per heavy atom. The Morgan fingerprint density at radius 1 is 1.03 bits per heavy atom. The highest BCUT2D eigenvalue weighted by Gasteiger charge is 2.31. The van der Waals surface area contributed by atoms with E-state index < -0.39 is 84.9 Å². The average Bonchev–Trinajstić information content (AvgIpc) is 2.70. The van der Waals surface area contributed by atoms with Crippen molar-refractivity contribution in [1.29, 1.82) is 0 Å². The molecule has 0 aliphatic carbocycles. The summed E-state index contributed by atoms with van der Waals surface area (Å²) in [6, 6.07) is 1.40. The van der Waals surface area contributed by atoms with E-state index in [1.165, 1.54) is 0 Å². The maximum absolute atomic E-state index is 12.7. The predicted octanol–water partition coefficient (Wildman–Crippen LogP) is -0.626. The Morgan fingerprint density at radius 2 is 1.56 bits per heavy atom. The normalized spacial score (nSPS) is 11.7. The van der Waals surface area contributed by atoms with Crippen LogP contribution in [0.3, 0.4) is 0 Å². The molecule has 0 fully saturated rings. The molecule has 192 valence electrons. The number of nitro benzene ring substituents is 2. The average molecular weight is 529 g/mol. The van der Waals surface area contributed by atoms with E-state index in [0.717, 1.165) is 23.5 Å². The topological polar surface area (TPSA) is 226 Å². The maximum atomic E-state index is 12.7. The van der Waals surface area contributed by atoms with E-state index in [-0.39, 0.29) is 19.6 Å². The van der Waals surface area contributed by atoms with E-state index >= 15 is 0 Å². The fraction of sp³-hybridized carbons (Fsp3) is 0.562. The van der Waals surface area contributed by atoms with Gasteiger partial charge in [0.25, 0.3) is 37.5 Å². The number of carbonyl (C=O) groups is 1. The van der Waals surface area contributed by atoms with Gasteiger partial charge < -0.3 is 15.3 Å². The number of anilines is 1. The SMILES string of the molecule is CS(=O)(=O)OCCN(CCOS(C)(=O)=O)c1c(C(=O)NCCCO)cc([N+](=O)[O-])cc1[N+](=O)[O-]. The van der Waals surface area contributed by atoms with Crippen molar-refractivity contribution in [3.05, 3.63) is 37.9 Å². The number of nitrogens with zero attached hydrogens (tertiary/aromatic N) is 3. The number of aliphatic hydroxyl groups excluding tert-OH is 1. The van der Waals surface area contributed by atoms with Crippen LogP contribution >= 0.6 is 0 Å². The largest absolute Gasteiger partial charge is 0.396 e. The molecule has 0 atom stereocenters. The van der Waals surface area contributed by atoms with Gasteiger partial charge >= 0.3 is 0 Å². The molecule has 0 saturated carbocycles. The highest BCUT2D eigenvalue weighted by atomic mass is 32.2. The molecule has 0 aliphatic rings. The Kier molecular flexibility index (Phi) is 10.7. The highest BCUT2D eigenvalue weighted by molar-refractivity contribution is 7.86. The molecule has 0 saturated heterocycles. The fourth-order valence-electron chi connectivity index (χ4n) is 2.66. The van der Waals surface area contributed by atoms with Crippen LogP contribution in [0.15, 0.2) is 12.1 Å². The third kappa shape index (κ3) is 9.91. The minimum Gasteiger partial charge on any atom is -0.396 e. The van der Waals surface area contributed by atoms with Gasteiger partial charge in [0, 0.05) is 32.3 Å². The zero-order valence-corrected chi connectivity index (χ0v) is 19.8. The summed E-state index contributed by atoms with van der Waals surface area (Å²) in [5, 5.41) is 34.3. The molecule has 34 heavy (non-hydrogen) atoms. The van der Waals surface area contributed by atoms with Crippen molar-refractivity contribution < 1.29 is 44.9 Å². The summed E-state index contributed by atoms with van der Waals surface area (Å²) >= 11 is 0. The predicted molar refractivity (Wildman–Crippen MR) is 118 cm³/mol. The number of hydrogen-bond acceptors (Lipinski definition) is 13. The van der Waals surface area contributed by atoms with Gasteiger partial charge in [-0.2, -0.15) is 16.8 Å². The smallest absolute Gasteiger partial charge is 0.300 e. The molecule has 18 heteroatoms. The Labute approximate surface area is 195 Å². The molecular weight excluding hydrogens is 504 g/mol. The van der Waals surface area contributed by atoms with Crippen LogP contribution in [0.1, 0.15) is 16.8 Å². The summed E-state index contributed by atoms with van der Waals surface area (Å²) in [4.78, 5) is 34.9. The van der Waals surface area contributed by atoms with Gasteiger partial charge in [-0.3, -0.25) is 33.4 Å². The fourth-order valence-corrected chi connectivity index (χ4v) is 3.42. The summed E-state index contributed by atoms with van der Waals surface area (Å²) in [5.41, 5.74) is -2.56. The lowest BCUT2D eigenvalue weighted by Gasteiger charge is -2.26. The number of non-ortho nitro benzene ring substituents is 1. The van der Waals surface area contributed by atoms with Crippen molar-refractivity contribution in [3.63, 3.8) is 0 Å². The third-order valence-corrected chi connectivity index (χ3v) is 5.17. The Hall–Kier alpha value is -2.93. The number of rotatable bonds is 15. The summed E-state index contributed by atoms with van der Waals surface area (Å²) < 4.78 is 54.5. The van der Waals surface area contributed by atoms with Gasteiger partial charge in [0.15, 0.2) is 0 Å². The van der Waals surface area contributed by atoms with Crippen LogP contribution in [0.5, 0.6) is 0 Å². The zero-order chi connectivity index (χ0) is 26.1. The molecule has 0 aliphatic heterocycles.